The van der Waals surface area contributed by atoms with E-state index >= 15 is 0 Å². The van der Waals surface area contributed by atoms with Gasteiger partial charge in [-0.1, -0.05) is 103 Å². The topological polar surface area (TPSA) is 29.1 Å². The van der Waals surface area contributed by atoms with Gasteiger partial charge in [0.1, 0.15) is 0 Å². The Balaban J connectivity index is 1.73. The minimum absolute atomic E-state index is 0.0170. The van der Waals surface area contributed by atoms with Crippen LogP contribution in [0.2, 0.25) is 0 Å². The van der Waals surface area contributed by atoms with Crippen molar-refractivity contribution in [3.63, 3.8) is 0 Å². The summed E-state index contributed by atoms with van der Waals surface area (Å²) in [6, 6.07) is 30.5. The van der Waals surface area contributed by atoms with E-state index < -0.39 is 7.29 Å². The largest absolute Gasteiger partial charge is 0.298 e. The van der Waals surface area contributed by atoms with Crippen molar-refractivity contribution in [1.82, 2.24) is 5.09 Å². The van der Waals surface area contributed by atoms with Crippen molar-refractivity contribution in [3.05, 3.63) is 119 Å². The lowest BCUT2D eigenvalue weighted by Gasteiger charge is -2.25. The fourth-order valence-electron chi connectivity index (χ4n) is 3.22. The molecule has 3 aromatic carbocycles. The Hall–Kier alpha value is -2.32. The van der Waals surface area contributed by atoms with E-state index in [-0.39, 0.29) is 6.04 Å². The Bertz CT molecular complexity index is 986. The molecule has 0 saturated carbocycles. The quantitative estimate of drug-likeness (QED) is 0.451. The molecule has 0 aromatic heterocycles. The molecule has 4 rings (SSSR count). The zero-order valence-electron chi connectivity index (χ0n) is 15.7. The molecule has 1 N–H and O–H groups in total. The second-order valence-electron chi connectivity index (χ2n) is 6.79. The van der Waals surface area contributed by atoms with Gasteiger partial charge in [-0.15, -0.1) is 0 Å². The monoisotopic (exact) mass is 403 g/mol. The van der Waals surface area contributed by atoms with Gasteiger partial charge < -0.3 is 0 Å². The van der Waals surface area contributed by atoms with Crippen LogP contribution in [0.15, 0.2) is 103 Å². The highest BCUT2D eigenvalue weighted by Crippen LogP contribution is 2.59. The van der Waals surface area contributed by atoms with Crippen molar-refractivity contribution < 1.29 is 4.57 Å². The molecular weight excluding hydrogens is 381 g/mol. The van der Waals surface area contributed by atoms with Crippen molar-refractivity contribution in [2.45, 2.75) is 13.0 Å². The lowest BCUT2D eigenvalue weighted by Crippen LogP contribution is -2.14. The fraction of sp³-hybridized carbons (Fsp3) is 0.0833. The average molecular weight is 403 g/mol. The summed E-state index contributed by atoms with van der Waals surface area (Å²) < 4.78 is 13.9. The zero-order valence-corrected chi connectivity index (χ0v) is 17.4. The predicted octanol–water partition coefficient (Wildman–Crippen LogP) is 7.36. The molecule has 3 aromatic rings. The molecule has 0 bridgehead atoms. The number of benzene rings is 3. The molecule has 1 aliphatic rings. The van der Waals surface area contributed by atoms with Gasteiger partial charge >= 0.3 is 0 Å². The van der Waals surface area contributed by atoms with Crippen LogP contribution in [-0.2, 0) is 4.57 Å². The summed E-state index contributed by atoms with van der Waals surface area (Å²) in [5.41, 5.74) is 3.30. The molecule has 140 valence electrons. The summed E-state index contributed by atoms with van der Waals surface area (Å²) >= 11 is 1.67. The van der Waals surface area contributed by atoms with E-state index in [4.69, 9.17) is 0 Å². The maximum Gasteiger partial charge on any atom is 0.193 e. The van der Waals surface area contributed by atoms with Crippen LogP contribution < -0.4 is 5.09 Å². The number of nitrogens with one attached hydrogen (secondary N) is 1. The van der Waals surface area contributed by atoms with Crippen LogP contribution in [-0.4, -0.2) is 0 Å². The number of hydrogen-bond acceptors (Lipinski definition) is 2. The van der Waals surface area contributed by atoms with E-state index in [9.17, 15) is 4.57 Å². The first-order valence-electron chi connectivity index (χ1n) is 9.29. The Kier molecular flexibility index (Phi) is 5.68. The van der Waals surface area contributed by atoms with Crippen LogP contribution >= 0.6 is 19.1 Å². The third-order valence-electron chi connectivity index (χ3n) is 4.65. The summed E-state index contributed by atoms with van der Waals surface area (Å²) in [7, 11) is -2.87. The Morgan fingerprint density at radius 2 is 1.14 bits per heavy atom. The zero-order chi connectivity index (χ0) is 19.4. The maximum absolute atomic E-state index is 13.9. The molecule has 1 aliphatic heterocycles. The first-order valence-corrected chi connectivity index (χ1v) is 12.0. The maximum atomic E-state index is 13.9. The third kappa shape index (κ3) is 4.39. The van der Waals surface area contributed by atoms with E-state index in [1.54, 1.807) is 11.8 Å². The van der Waals surface area contributed by atoms with Crippen molar-refractivity contribution in [2.24, 2.45) is 0 Å². The molecule has 0 fully saturated rings. The molecule has 4 heteroatoms. The van der Waals surface area contributed by atoms with Gasteiger partial charge in [0, 0.05) is 27.5 Å². The molecule has 0 saturated heterocycles. The van der Waals surface area contributed by atoms with Gasteiger partial charge in [0.15, 0.2) is 7.29 Å². The first-order chi connectivity index (χ1) is 13.6. The molecule has 0 radical (unpaired) electrons. The van der Waals surface area contributed by atoms with Gasteiger partial charge in [0.25, 0.3) is 0 Å². The molecule has 28 heavy (non-hydrogen) atoms. The second-order valence-corrected chi connectivity index (χ2v) is 10.1. The number of thioether (sulfide) groups is 1. The van der Waals surface area contributed by atoms with Crippen molar-refractivity contribution in [1.29, 1.82) is 0 Å². The normalized spacial score (nSPS) is 16.8. The fourth-order valence-corrected chi connectivity index (χ4v) is 7.30. The summed E-state index contributed by atoms with van der Waals surface area (Å²) in [5.74, 6) is 3.83. The highest BCUT2D eigenvalue weighted by atomic mass is 32.2. The lowest BCUT2D eigenvalue weighted by molar-refractivity contribution is 0.567. The average Bonchev–Trinajstić information content (AvgIpc) is 2.75. The molecule has 0 unspecified atom stereocenters. The van der Waals surface area contributed by atoms with Gasteiger partial charge in [0.05, 0.1) is 0 Å². The molecule has 0 aliphatic carbocycles. The Labute approximate surface area is 170 Å². The summed E-state index contributed by atoms with van der Waals surface area (Å²) in [4.78, 5) is 2.05. The van der Waals surface area contributed by atoms with E-state index in [0.717, 1.165) is 26.5 Å². The van der Waals surface area contributed by atoms with Gasteiger partial charge in [-0.25, -0.2) is 0 Å². The minimum Gasteiger partial charge on any atom is -0.298 e. The molecule has 1 atom stereocenters. The van der Waals surface area contributed by atoms with E-state index in [1.165, 1.54) is 0 Å². The summed E-state index contributed by atoms with van der Waals surface area (Å²) in [5, 5.41) is 3.40. The SMILES string of the molecule is C[C@H](NP1(=O)C=C(c2ccccc2)SC(c2ccccc2)=C1)c1ccccc1. The Morgan fingerprint density at radius 3 is 1.61 bits per heavy atom. The lowest BCUT2D eigenvalue weighted by atomic mass is 10.1. The highest BCUT2D eigenvalue weighted by molar-refractivity contribution is 8.17. The van der Waals surface area contributed by atoms with E-state index in [2.05, 4.69) is 48.4 Å². The van der Waals surface area contributed by atoms with E-state index in [1.807, 2.05) is 66.2 Å². The Morgan fingerprint density at radius 1 is 0.714 bits per heavy atom. The minimum atomic E-state index is -2.87. The van der Waals surface area contributed by atoms with Gasteiger partial charge in [0.2, 0.25) is 0 Å². The third-order valence-corrected chi connectivity index (χ3v) is 8.22. The van der Waals surface area contributed by atoms with Crippen LogP contribution in [0.4, 0.5) is 0 Å². The molecular formula is C24H22NOPS. The van der Waals surface area contributed by atoms with Crippen molar-refractivity contribution in [2.75, 3.05) is 0 Å². The standard InChI is InChI=1S/C24H22NOPS/c1-19(20-11-5-2-6-12-20)25-27(26)17-23(21-13-7-3-8-14-21)28-24(18-27)22-15-9-4-10-16-22/h2-19H,1H3,(H,25,26)/t19-/m0/s1. The van der Waals surface area contributed by atoms with Crippen LogP contribution in [0.3, 0.4) is 0 Å². The van der Waals surface area contributed by atoms with E-state index in [0.29, 0.717) is 0 Å². The first kappa shape index (κ1) is 19.0. The number of rotatable bonds is 5. The van der Waals surface area contributed by atoms with Crippen molar-refractivity contribution >= 4 is 28.9 Å². The van der Waals surface area contributed by atoms with Crippen LogP contribution in [0.25, 0.3) is 9.81 Å². The molecule has 1 heterocycles. The van der Waals surface area contributed by atoms with Crippen LogP contribution in [0.1, 0.15) is 29.7 Å². The van der Waals surface area contributed by atoms with Crippen LogP contribution in [0.5, 0.6) is 0 Å². The predicted molar refractivity (Wildman–Crippen MR) is 122 cm³/mol. The molecule has 0 spiro atoms. The summed E-state index contributed by atoms with van der Waals surface area (Å²) in [6.07, 6.45) is 0. The molecule has 0 amide bonds. The molecule has 2 nitrogen and oxygen atoms in total. The smallest absolute Gasteiger partial charge is 0.193 e. The van der Waals surface area contributed by atoms with Gasteiger partial charge in [-0.3, -0.25) is 9.65 Å². The van der Waals surface area contributed by atoms with Gasteiger partial charge in [-0.2, -0.15) is 0 Å². The van der Waals surface area contributed by atoms with Crippen molar-refractivity contribution in [3.8, 4) is 0 Å². The number of hydrogen-bond donors (Lipinski definition) is 1. The highest BCUT2D eigenvalue weighted by Gasteiger charge is 2.27. The second kappa shape index (κ2) is 8.36. The van der Waals surface area contributed by atoms with Gasteiger partial charge in [-0.05, 0) is 23.6 Å². The summed E-state index contributed by atoms with van der Waals surface area (Å²) in [6.45, 7) is 2.06. The van der Waals surface area contributed by atoms with Crippen LogP contribution in [0, 0.1) is 0 Å².